The lowest BCUT2D eigenvalue weighted by molar-refractivity contribution is -0.141. The summed E-state index contributed by atoms with van der Waals surface area (Å²) in [6.07, 6.45) is 0.873. The Labute approximate surface area is 208 Å². The minimum Gasteiger partial charge on any atom is -0.402 e. The highest BCUT2D eigenvalue weighted by Crippen LogP contribution is 2.34. The highest BCUT2D eigenvalue weighted by atomic mass is 19.4. The molecule has 6 nitrogen and oxygen atoms in total. The average molecular weight is 501 g/mol. The fraction of sp³-hybridized carbons (Fsp3) is 0.407. The zero-order valence-corrected chi connectivity index (χ0v) is 20.7. The fourth-order valence-corrected chi connectivity index (χ4v) is 3.86. The molecule has 1 fully saturated rings. The Balaban J connectivity index is 0.000000223. The first-order chi connectivity index (χ1) is 17.0. The molecule has 1 atom stereocenters. The Kier molecular flexibility index (Phi) is 8.66. The topological polar surface area (TPSA) is 90.9 Å². The number of aryl methyl sites for hydroxylation is 1. The Morgan fingerprint density at radius 1 is 1.14 bits per heavy atom. The van der Waals surface area contributed by atoms with Crippen molar-refractivity contribution in [2.75, 3.05) is 0 Å². The van der Waals surface area contributed by atoms with Crippen LogP contribution in [0.25, 0.3) is 11.2 Å². The normalized spacial score (nSPS) is 14.8. The largest absolute Gasteiger partial charge is 0.433 e. The van der Waals surface area contributed by atoms with Crippen molar-refractivity contribution >= 4 is 22.9 Å². The van der Waals surface area contributed by atoms with Crippen LogP contribution in [0.2, 0.25) is 0 Å². The van der Waals surface area contributed by atoms with Crippen LogP contribution in [-0.4, -0.2) is 26.2 Å². The number of nitrogens with zero attached hydrogens (tertiary/aromatic N) is 3. The summed E-state index contributed by atoms with van der Waals surface area (Å²) >= 11 is 0. The van der Waals surface area contributed by atoms with Crippen LogP contribution in [0.15, 0.2) is 54.2 Å². The second-order valence-corrected chi connectivity index (χ2v) is 9.09. The zero-order chi connectivity index (χ0) is 26.5. The van der Waals surface area contributed by atoms with Crippen molar-refractivity contribution in [3.8, 4) is 0 Å². The second-order valence-electron chi connectivity index (χ2n) is 9.09. The monoisotopic (exact) mass is 500 g/mol. The third kappa shape index (κ3) is 7.02. The maximum Gasteiger partial charge on any atom is 0.433 e. The Morgan fingerprint density at radius 2 is 1.81 bits per heavy atom. The van der Waals surface area contributed by atoms with Gasteiger partial charge in [0.05, 0.1) is 0 Å². The number of aromatic nitrogens is 3. The standard InChI is InChI=1S/C14H13F3N4O.C13H18O/c1-7-19-10-4-5-11(14(15,16)17)20-13(10)21(7)12(22)6-9(18)8-2-3-8;1-3-7-13(14)10-11(2)12-8-5-4-6-9-12/h4-6,8H,2-3,18H2,1H3;4-6,8-9,11H,3,7,10H2,1-2H3/b9-6-;. The van der Waals surface area contributed by atoms with Crippen LogP contribution >= 0.6 is 0 Å². The maximum absolute atomic E-state index is 12.8. The number of benzene rings is 1. The molecule has 0 radical (unpaired) electrons. The summed E-state index contributed by atoms with van der Waals surface area (Å²) in [5.41, 5.74) is 6.55. The van der Waals surface area contributed by atoms with E-state index in [4.69, 9.17) is 5.73 Å². The van der Waals surface area contributed by atoms with Crippen LogP contribution in [0, 0.1) is 12.8 Å². The summed E-state index contributed by atoms with van der Waals surface area (Å²) in [7, 11) is 0. The van der Waals surface area contributed by atoms with Gasteiger partial charge in [0.1, 0.15) is 22.8 Å². The van der Waals surface area contributed by atoms with Gasteiger partial charge in [-0.25, -0.2) is 14.5 Å². The van der Waals surface area contributed by atoms with E-state index in [1.165, 1.54) is 24.6 Å². The van der Waals surface area contributed by atoms with E-state index in [2.05, 4.69) is 29.0 Å². The number of alkyl halides is 3. The van der Waals surface area contributed by atoms with Crippen LogP contribution in [0.3, 0.4) is 0 Å². The van der Waals surface area contributed by atoms with E-state index in [9.17, 15) is 22.8 Å². The molecule has 2 N–H and O–H groups in total. The smallest absolute Gasteiger partial charge is 0.402 e. The molecule has 1 aromatic carbocycles. The number of Topliss-reactive ketones (excluding diaryl/α,β-unsaturated/α-hetero) is 1. The number of rotatable bonds is 7. The number of carbonyl (C=O) groups excluding carboxylic acids is 2. The maximum atomic E-state index is 12.8. The molecule has 3 aromatic rings. The minimum absolute atomic E-state index is 0.114. The Hall–Kier alpha value is -3.49. The molecule has 9 heteroatoms. The molecule has 2 aromatic heterocycles. The van der Waals surface area contributed by atoms with E-state index >= 15 is 0 Å². The molecule has 0 saturated heterocycles. The lowest BCUT2D eigenvalue weighted by atomic mass is 9.94. The summed E-state index contributed by atoms with van der Waals surface area (Å²) in [6, 6.07) is 12.3. The molecular weight excluding hydrogens is 469 g/mol. The number of fused-ring (bicyclic) bond motifs is 1. The van der Waals surface area contributed by atoms with Gasteiger partial charge >= 0.3 is 6.18 Å². The first kappa shape index (κ1) is 27.1. The molecule has 1 aliphatic rings. The van der Waals surface area contributed by atoms with E-state index in [0.29, 0.717) is 23.8 Å². The number of pyridine rings is 1. The number of allylic oxidation sites excluding steroid dienone is 2. The molecule has 1 aliphatic carbocycles. The van der Waals surface area contributed by atoms with Crippen LogP contribution in [0.4, 0.5) is 13.2 Å². The number of nitrogens with two attached hydrogens (primary N) is 1. The number of halogens is 3. The average Bonchev–Trinajstić information content (AvgIpc) is 3.61. The first-order valence-corrected chi connectivity index (χ1v) is 12.0. The van der Waals surface area contributed by atoms with E-state index in [-0.39, 0.29) is 22.9 Å². The van der Waals surface area contributed by atoms with E-state index in [1.54, 1.807) is 0 Å². The minimum atomic E-state index is -4.58. The third-order valence-corrected chi connectivity index (χ3v) is 5.95. The van der Waals surface area contributed by atoms with Gasteiger partial charge in [-0.1, -0.05) is 44.2 Å². The lowest BCUT2D eigenvalue weighted by Crippen LogP contribution is -2.15. The van der Waals surface area contributed by atoms with Crippen molar-refractivity contribution in [3.63, 3.8) is 0 Å². The molecule has 0 bridgehead atoms. The quantitative estimate of drug-likeness (QED) is 0.390. The van der Waals surface area contributed by atoms with Gasteiger partial charge in [0.2, 0.25) is 0 Å². The van der Waals surface area contributed by atoms with Crippen molar-refractivity contribution in [1.29, 1.82) is 0 Å². The molecule has 0 aliphatic heterocycles. The summed E-state index contributed by atoms with van der Waals surface area (Å²) in [6.45, 7) is 5.70. The van der Waals surface area contributed by atoms with Gasteiger partial charge in [-0.3, -0.25) is 9.59 Å². The predicted octanol–water partition coefficient (Wildman–Crippen LogP) is 6.20. The molecule has 2 heterocycles. The van der Waals surface area contributed by atoms with Crippen molar-refractivity contribution in [2.24, 2.45) is 11.7 Å². The van der Waals surface area contributed by atoms with Crippen LogP contribution in [-0.2, 0) is 11.0 Å². The van der Waals surface area contributed by atoms with Gasteiger partial charge in [0.15, 0.2) is 5.65 Å². The molecule has 1 saturated carbocycles. The highest BCUT2D eigenvalue weighted by molar-refractivity contribution is 5.96. The van der Waals surface area contributed by atoms with Crippen molar-refractivity contribution in [1.82, 2.24) is 14.5 Å². The third-order valence-electron chi connectivity index (χ3n) is 5.95. The SMILES string of the molecule is CCCC(=O)CC(C)c1ccccc1.Cc1nc2ccc(C(F)(F)F)nc2n1C(=O)/C=C(\N)C1CC1. The molecule has 36 heavy (non-hydrogen) atoms. The second kappa shape index (κ2) is 11.5. The number of imidazole rings is 1. The number of hydrogen-bond donors (Lipinski definition) is 1. The van der Waals surface area contributed by atoms with Crippen molar-refractivity contribution in [2.45, 2.75) is 65.0 Å². The fourth-order valence-electron chi connectivity index (χ4n) is 3.86. The van der Waals surface area contributed by atoms with Crippen molar-refractivity contribution < 1.29 is 22.8 Å². The van der Waals surface area contributed by atoms with E-state index in [0.717, 1.165) is 36.3 Å². The van der Waals surface area contributed by atoms with Gasteiger partial charge < -0.3 is 5.73 Å². The van der Waals surface area contributed by atoms with Gasteiger partial charge in [-0.15, -0.1) is 0 Å². The molecule has 4 rings (SSSR count). The number of carbonyl (C=O) groups is 2. The van der Waals surface area contributed by atoms with Crippen molar-refractivity contribution in [3.05, 3.63) is 71.3 Å². The lowest BCUT2D eigenvalue weighted by Gasteiger charge is -2.10. The first-order valence-electron chi connectivity index (χ1n) is 12.0. The predicted molar refractivity (Wildman–Crippen MR) is 132 cm³/mol. The molecule has 0 amide bonds. The Bertz CT molecular complexity index is 1250. The summed E-state index contributed by atoms with van der Waals surface area (Å²) < 4.78 is 39.4. The van der Waals surface area contributed by atoms with Crippen LogP contribution in [0.5, 0.6) is 0 Å². The number of ketones is 1. The van der Waals surface area contributed by atoms with Gasteiger partial charge in [-0.2, -0.15) is 13.2 Å². The molecule has 192 valence electrons. The summed E-state index contributed by atoms with van der Waals surface area (Å²) in [5.74, 6) is 0.666. The molecular formula is C27H31F3N4O2. The van der Waals surface area contributed by atoms with E-state index in [1.807, 2.05) is 25.1 Å². The number of hydrogen-bond acceptors (Lipinski definition) is 5. The highest BCUT2D eigenvalue weighted by Gasteiger charge is 2.33. The van der Waals surface area contributed by atoms with Crippen LogP contribution < -0.4 is 5.73 Å². The van der Waals surface area contributed by atoms with Crippen LogP contribution in [0.1, 0.15) is 73.7 Å². The van der Waals surface area contributed by atoms with Gasteiger partial charge in [-0.05, 0) is 55.7 Å². The molecule has 1 unspecified atom stereocenters. The van der Waals surface area contributed by atoms with E-state index < -0.39 is 17.8 Å². The van der Waals surface area contributed by atoms with Gasteiger partial charge in [0.25, 0.3) is 5.91 Å². The zero-order valence-electron chi connectivity index (χ0n) is 20.7. The van der Waals surface area contributed by atoms with Gasteiger partial charge in [0, 0.05) is 24.6 Å². The summed E-state index contributed by atoms with van der Waals surface area (Å²) in [5, 5.41) is 0. The Morgan fingerprint density at radius 3 is 2.39 bits per heavy atom. The summed E-state index contributed by atoms with van der Waals surface area (Å²) in [4.78, 5) is 31.3. The molecule has 0 spiro atoms.